The van der Waals surface area contributed by atoms with E-state index in [2.05, 4.69) is 5.32 Å². The molecule has 1 atom stereocenters. The fourth-order valence-electron chi connectivity index (χ4n) is 2.37. The van der Waals surface area contributed by atoms with Crippen LogP contribution in [0.2, 0.25) is 0 Å². The third kappa shape index (κ3) is 4.23. The summed E-state index contributed by atoms with van der Waals surface area (Å²) in [5.74, 6) is 0.490. The number of phenolic OH excluding ortho intramolecular Hbond substituents is 1. The van der Waals surface area contributed by atoms with E-state index in [4.69, 9.17) is 4.74 Å². The molecule has 1 unspecified atom stereocenters. The van der Waals surface area contributed by atoms with Crippen LogP contribution in [0.3, 0.4) is 0 Å². The van der Waals surface area contributed by atoms with Gasteiger partial charge in [-0.25, -0.2) is 0 Å². The van der Waals surface area contributed by atoms with Crippen LogP contribution in [0.1, 0.15) is 22.0 Å². The number of aromatic hydroxyl groups is 1. The summed E-state index contributed by atoms with van der Waals surface area (Å²) in [7, 11) is 5.55. The van der Waals surface area contributed by atoms with Crippen LogP contribution in [0.15, 0.2) is 48.5 Å². The van der Waals surface area contributed by atoms with E-state index in [-0.39, 0.29) is 23.3 Å². The number of amides is 1. The van der Waals surface area contributed by atoms with E-state index >= 15 is 0 Å². The smallest absolute Gasteiger partial charge is 0.255 e. The highest BCUT2D eigenvalue weighted by molar-refractivity contribution is 5.96. The van der Waals surface area contributed by atoms with Crippen molar-refractivity contribution in [3.63, 3.8) is 0 Å². The molecule has 2 aromatic carbocycles. The van der Waals surface area contributed by atoms with E-state index in [0.29, 0.717) is 6.54 Å². The van der Waals surface area contributed by atoms with Crippen LogP contribution in [0.4, 0.5) is 0 Å². The first-order valence-electron chi connectivity index (χ1n) is 7.39. The first-order chi connectivity index (χ1) is 11.0. The molecule has 0 fully saturated rings. The van der Waals surface area contributed by atoms with Gasteiger partial charge in [0.1, 0.15) is 11.5 Å². The van der Waals surface area contributed by atoms with Gasteiger partial charge in [0.15, 0.2) is 0 Å². The number of hydrogen-bond donors (Lipinski definition) is 2. The van der Waals surface area contributed by atoms with Crippen molar-refractivity contribution in [1.82, 2.24) is 10.2 Å². The molecule has 0 aliphatic carbocycles. The Kier molecular flexibility index (Phi) is 5.60. The van der Waals surface area contributed by atoms with Gasteiger partial charge < -0.3 is 20.1 Å². The van der Waals surface area contributed by atoms with Gasteiger partial charge in [0, 0.05) is 6.54 Å². The Labute approximate surface area is 136 Å². The highest BCUT2D eigenvalue weighted by Gasteiger charge is 2.17. The third-order valence-electron chi connectivity index (χ3n) is 3.73. The summed E-state index contributed by atoms with van der Waals surface area (Å²) in [5, 5.41) is 12.6. The number of ether oxygens (including phenoxy) is 1. The van der Waals surface area contributed by atoms with Crippen LogP contribution in [0.25, 0.3) is 0 Å². The molecule has 5 heteroatoms. The maximum Gasteiger partial charge on any atom is 0.255 e. The number of benzene rings is 2. The number of hydrogen-bond acceptors (Lipinski definition) is 4. The molecule has 0 radical (unpaired) electrons. The molecule has 0 bridgehead atoms. The first kappa shape index (κ1) is 16.8. The number of carbonyl (C=O) groups is 1. The molecule has 0 saturated heterocycles. The molecule has 0 aliphatic rings. The average molecular weight is 314 g/mol. The molecule has 2 rings (SSSR count). The topological polar surface area (TPSA) is 61.8 Å². The number of para-hydroxylation sites is 1. The van der Waals surface area contributed by atoms with Crippen molar-refractivity contribution in [3.05, 3.63) is 59.7 Å². The fourth-order valence-corrected chi connectivity index (χ4v) is 2.37. The third-order valence-corrected chi connectivity index (χ3v) is 3.73. The Hall–Kier alpha value is -2.53. The Morgan fingerprint density at radius 1 is 1.17 bits per heavy atom. The lowest BCUT2D eigenvalue weighted by Gasteiger charge is -2.25. The van der Waals surface area contributed by atoms with Gasteiger partial charge in [0.05, 0.1) is 18.7 Å². The van der Waals surface area contributed by atoms with Gasteiger partial charge in [-0.2, -0.15) is 0 Å². The van der Waals surface area contributed by atoms with Crippen molar-refractivity contribution in [3.8, 4) is 11.5 Å². The van der Waals surface area contributed by atoms with Crippen molar-refractivity contribution < 1.29 is 14.6 Å². The quantitative estimate of drug-likeness (QED) is 0.860. The zero-order chi connectivity index (χ0) is 16.8. The van der Waals surface area contributed by atoms with Gasteiger partial charge in [-0.15, -0.1) is 0 Å². The number of phenols is 1. The van der Waals surface area contributed by atoms with Crippen LogP contribution in [0, 0.1) is 0 Å². The van der Waals surface area contributed by atoms with Crippen molar-refractivity contribution in [1.29, 1.82) is 0 Å². The molecule has 0 saturated carbocycles. The van der Waals surface area contributed by atoms with E-state index in [1.807, 2.05) is 43.3 Å². The number of likely N-dealkylation sites (N-methyl/N-ethyl adjacent to an activating group) is 1. The second-order valence-electron chi connectivity index (χ2n) is 5.48. The SMILES string of the molecule is COc1ccc(C(CNC(=O)c2ccccc2O)N(C)C)cc1. The molecule has 2 aromatic rings. The lowest BCUT2D eigenvalue weighted by atomic mass is 10.1. The van der Waals surface area contributed by atoms with Crippen molar-refractivity contribution in [2.45, 2.75) is 6.04 Å². The van der Waals surface area contributed by atoms with Crippen molar-refractivity contribution in [2.75, 3.05) is 27.7 Å². The molecule has 122 valence electrons. The summed E-state index contributed by atoms with van der Waals surface area (Å²) >= 11 is 0. The Morgan fingerprint density at radius 2 is 1.83 bits per heavy atom. The highest BCUT2D eigenvalue weighted by atomic mass is 16.5. The summed E-state index contributed by atoms with van der Waals surface area (Å²) < 4.78 is 5.17. The minimum Gasteiger partial charge on any atom is -0.507 e. The molecule has 0 aliphatic heterocycles. The molecule has 1 amide bonds. The summed E-state index contributed by atoms with van der Waals surface area (Å²) in [6.07, 6.45) is 0. The zero-order valence-corrected chi connectivity index (χ0v) is 13.6. The van der Waals surface area contributed by atoms with Crippen LogP contribution in [-0.4, -0.2) is 43.7 Å². The maximum absolute atomic E-state index is 12.2. The van der Waals surface area contributed by atoms with E-state index in [1.54, 1.807) is 25.3 Å². The summed E-state index contributed by atoms with van der Waals surface area (Å²) in [5.41, 5.74) is 1.35. The second-order valence-corrected chi connectivity index (χ2v) is 5.48. The standard InChI is InChI=1S/C18H22N2O3/c1-20(2)16(13-8-10-14(23-3)11-9-13)12-19-18(22)15-6-4-5-7-17(15)21/h4-11,16,21H,12H2,1-3H3,(H,19,22). The average Bonchev–Trinajstić information content (AvgIpc) is 2.55. The van der Waals surface area contributed by atoms with Gasteiger partial charge in [-0.3, -0.25) is 4.79 Å². The van der Waals surface area contributed by atoms with Gasteiger partial charge in [0.25, 0.3) is 5.91 Å². The Morgan fingerprint density at radius 3 is 2.39 bits per heavy atom. The second kappa shape index (κ2) is 7.65. The molecule has 0 heterocycles. The summed E-state index contributed by atoms with van der Waals surface area (Å²) in [6, 6.07) is 14.3. The van der Waals surface area contributed by atoms with E-state index in [9.17, 15) is 9.90 Å². The van der Waals surface area contributed by atoms with Crippen molar-refractivity contribution in [2.24, 2.45) is 0 Å². The largest absolute Gasteiger partial charge is 0.507 e. The molecule has 0 spiro atoms. The van der Waals surface area contributed by atoms with Gasteiger partial charge in [-0.05, 0) is 43.9 Å². The van der Waals surface area contributed by atoms with Crippen LogP contribution in [-0.2, 0) is 0 Å². The maximum atomic E-state index is 12.2. The summed E-state index contributed by atoms with van der Waals surface area (Å²) in [4.78, 5) is 14.2. The van der Waals surface area contributed by atoms with Crippen LogP contribution in [0.5, 0.6) is 11.5 Å². The normalized spacial score (nSPS) is 12.0. The monoisotopic (exact) mass is 314 g/mol. The van der Waals surface area contributed by atoms with E-state index < -0.39 is 0 Å². The van der Waals surface area contributed by atoms with Crippen LogP contribution >= 0.6 is 0 Å². The predicted molar refractivity (Wildman–Crippen MR) is 89.9 cm³/mol. The number of rotatable bonds is 6. The highest BCUT2D eigenvalue weighted by Crippen LogP contribution is 2.21. The van der Waals surface area contributed by atoms with E-state index in [1.165, 1.54) is 6.07 Å². The predicted octanol–water partition coefficient (Wildman–Crippen LogP) is 2.43. The minimum absolute atomic E-state index is 0.0177. The molecule has 0 aromatic heterocycles. The van der Waals surface area contributed by atoms with Crippen molar-refractivity contribution >= 4 is 5.91 Å². The fraction of sp³-hybridized carbons (Fsp3) is 0.278. The first-order valence-corrected chi connectivity index (χ1v) is 7.39. The Balaban J connectivity index is 2.08. The van der Waals surface area contributed by atoms with Gasteiger partial charge in [-0.1, -0.05) is 24.3 Å². The molecular weight excluding hydrogens is 292 g/mol. The zero-order valence-electron chi connectivity index (χ0n) is 13.6. The molecule has 5 nitrogen and oxygen atoms in total. The number of nitrogens with one attached hydrogen (secondary N) is 1. The molecule has 2 N–H and O–H groups in total. The van der Waals surface area contributed by atoms with Crippen LogP contribution < -0.4 is 10.1 Å². The summed E-state index contributed by atoms with van der Waals surface area (Å²) in [6.45, 7) is 0.437. The van der Waals surface area contributed by atoms with Gasteiger partial charge in [0.2, 0.25) is 0 Å². The number of methoxy groups -OCH3 is 1. The lowest BCUT2D eigenvalue weighted by Crippen LogP contribution is -2.34. The number of nitrogens with zero attached hydrogens (tertiary/aromatic N) is 1. The lowest BCUT2D eigenvalue weighted by molar-refractivity contribution is 0.0939. The molecule has 23 heavy (non-hydrogen) atoms. The number of carbonyl (C=O) groups excluding carboxylic acids is 1. The molecular formula is C18H22N2O3. The van der Waals surface area contributed by atoms with E-state index in [0.717, 1.165) is 11.3 Å². The Bertz CT molecular complexity index is 654. The minimum atomic E-state index is -0.288. The van der Waals surface area contributed by atoms with Gasteiger partial charge >= 0.3 is 0 Å².